The molecule has 1 aromatic rings. The van der Waals surface area contributed by atoms with Gasteiger partial charge in [0.15, 0.2) is 6.10 Å². The largest absolute Gasteiger partial charge is 0.496 e. The van der Waals surface area contributed by atoms with E-state index in [4.69, 9.17) is 9.47 Å². The molecule has 0 spiro atoms. The number of aliphatic hydroxyl groups excluding tert-OH is 1. The normalized spacial score (nSPS) is 13.4. The monoisotopic (exact) mass is 250 g/mol. The van der Waals surface area contributed by atoms with Gasteiger partial charge in [-0.3, -0.25) is 0 Å². The molecule has 1 rings (SSSR count). The lowest BCUT2D eigenvalue weighted by Gasteiger charge is -2.20. The summed E-state index contributed by atoms with van der Waals surface area (Å²) < 4.78 is 47.2. The highest BCUT2D eigenvalue weighted by atomic mass is 19.4. The second-order valence-corrected chi connectivity index (χ2v) is 3.53. The van der Waals surface area contributed by atoms with Gasteiger partial charge in [0.25, 0.3) is 0 Å². The molecule has 96 valence electrons. The molecular weight excluding hydrogens is 237 g/mol. The van der Waals surface area contributed by atoms with Crippen molar-refractivity contribution in [2.75, 3.05) is 14.2 Å². The summed E-state index contributed by atoms with van der Waals surface area (Å²) in [5.74, 6) is -0.0987. The van der Waals surface area contributed by atoms with Gasteiger partial charge in [0, 0.05) is 0 Å². The smallest absolute Gasteiger partial charge is 0.418 e. The number of benzene rings is 1. The van der Waals surface area contributed by atoms with E-state index in [9.17, 15) is 18.3 Å². The van der Waals surface area contributed by atoms with Crippen LogP contribution >= 0.6 is 0 Å². The Hall–Kier alpha value is -1.43. The molecule has 0 unspecified atom stereocenters. The zero-order valence-corrected chi connectivity index (χ0v) is 9.63. The van der Waals surface area contributed by atoms with E-state index in [0.29, 0.717) is 5.56 Å². The molecule has 0 radical (unpaired) electrons. The number of hydrogen-bond acceptors (Lipinski definition) is 3. The van der Waals surface area contributed by atoms with Gasteiger partial charge in [0.1, 0.15) is 11.5 Å². The number of alkyl halides is 3. The Morgan fingerprint density at radius 2 is 1.53 bits per heavy atom. The van der Waals surface area contributed by atoms with Crippen molar-refractivity contribution in [1.29, 1.82) is 0 Å². The van der Waals surface area contributed by atoms with Crippen molar-refractivity contribution < 1.29 is 27.8 Å². The summed E-state index contributed by atoms with van der Waals surface area (Å²) in [6.07, 6.45) is -7.40. The predicted molar refractivity (Wildman–Crippen MR) is 55.3 cm³/mol. The lowest BCUT2D eigenvalue weighted by atomic mass is 10.0. The van der Waals surface area contributed by atoms with Gasteiger partial charge in [-0.1, -0.05) is 0 Å². The highest BCUT2D eigenvalue weighted by Crippen LogP contribution is 2.42. The van der Waals surface area contributed by atoms with Crippen molar-refractivity contribution in [2.24, 2.45) is 0 Å². The molecule has 0 saturated carbocycles. The van der Waals surface area contributed by atoms with E-state index >= 15 is 0 Å². The average Bonchev–Trinajstić information content (AvgIpc) is 2.25. The summed E-state index contributed by atoms with van der Waals surface area (Å²) in [7, 11) is 2.47. The SMILES string of the molecule is COc1cc(C)cc(OC)c1[C@@H](O)C(F)(F)F. The van der Waals surface area contributed by atoms with Gasteiger partial charge in [0.05, 0.1) is 19.8 Å². The zero-order valence-electron chi connectivity index (χ0n) is 9.63. The molecule has 0 fully saturated rings. The molecule has 6 heteroatoms. The van der Waals surface area contributed by atoms with Crippen LogP contribution in [0.4, 0.5) is 13.2 Å². The molecule has 0 bridgehead atoms. The van der Waals surface area contributed by atoms with Crippen molar-refractivity contribution in [3.8, 4) is 11.5 Å². The standard InChI is InChI=1S/C11H13F3O3/c1-6-4-7(16-2)9(8(5-6)17-3)10(15)11(12,13)14/h4-5,10,15H,1-3H3/t10-/m1/s1. The average molecular weight is 250 g/mol. The first kappa shape index (κ1) is 13.6. The van der Waals surface area contributed by atoms with Crippen LogP contribution in [0.3, 0.4) is 0 Å². The fourth-order valence-corrected chi connectivity index (χ4v) is 1.50. The van der Waals surface area contributed by atoms with Crippen LogP contribution in [0.5, 0.6) is 11.5 Å². The summed E-state index contributed by atoms with van der Waals surface area (Å²) in [6.45, 7) is 1.69. The summed E-state index contributed by atoms with van der Waals surface area (Å²) >= 11 is 0. The van der Waals surface area contributed by atoms with Crippen molar-refractivity contribution in [3.63, 3.8) is 0 Å². The summed E-state index contributed by atoms with van der Waals surface area (Å²) in [5, 5.41) is 9.29. The fourth-order valence-electron chi connectivity index (χ4n) is 1.50. The topological polar surface area (TPSA) is 38.7 Å². The lowest BCUT2D eigenvalue weighted by molar-refractivity contribution is -0.207. The number of methoxy groups -OCH3 is 2. The second-order valence-electron chi connectivity index (χ2n) is 3.53. The van der Waals surface area contributed by atoms with Gasteiger partial charge >= 0.3 is 6.18 Å². The highest BCUT2D eigenvalue weighted by Gasteiger charge is 2.42. The molecule has 0 heterocycles. The van der Waals surface area contributed by atoms with Gasteiger partial charge in [-0.25, -0.2) is 0 Å². The molecule has 1 N–H and O–H groups in total. The Labute approximate surface area is 96.8 Å². The Balaban J connectivity index is 3.38. The lowest BCUT2D eigenvalue weighted by Crippen LogP contribution is -2.21. The van der Waals surface area contributed by atoms with Crippen LogP contribution in [-0.4, -0.2) is 25.5 Å². The summed E-state index contributed by atoms with van der Waals surface area (Å²) in [4.78, 5) is 0. The maximum absolute atomic E-state index is 12.5. The van der Waals surface area contributed by atoms with Gasteiger partial charge < -0.3 is 14.6 Å². The Morgan fingerprint density at radius 1 is 1.12 bits per heavy atom. The van der Waals surface area contributed by atoms with Gasteiger partial charge in [-0.15, -0.1) is 0 Å². The minimum Gasteiger partial charge on any atom is -0.496 e. The number of aryl methyl sites for hydroxylation is 1. The van der Waals surface area contributed by atoms with E-state index in [1.54, 1.807) is 6.92 Å². The van der Waals surface area contributed by atoms with Gasteiger partial charge in [-0.05, 0) is 24.6 Å². The third kappa shape index (κ3) is 2.82. The minimum atomic E-state index is -4.77. The molecule has 0 aliphatic carbocycles. The number of ether oxygens (including phenoxy) is 2. The molecule has 1 aromatic carbocycles. The van der Waals surface area contributed by atoms with Crippen molar-refractivity contribution >= 4 is 0 Å². The second kappa shape index (κ2) is 4.83. The zero-order chi connectivity index (χ0) is 13.2. The maximum atomic E-state index is 12.5. The van der Waals surface area contributed by atoms with E-state index < -0.39 is 17.8 Å². The first-order valence-corrected chi connectivity index (χ1v) is 4.78. The van der Waals surface area contributed by atoms with Crippen LogP contribution in [-0.2, 0) is 0 Å². The molecular formula is C11H13F3O3. The maximum Gasteiger partial charge on any atom is 0.418 e. The number of halogens is 3. The summed E-state index contributed by atoms with van der Waals surface area (Å²) in [6, 6.07) is 2.82. The van der Waals surface area contributed by atoms with Crippen molar-refractivity contribution in [2.45, 2.75) is 19.2 Å². The molecule has 1 atom stereocenters. The van der Waals surface area contributed by atoms with Gasteiger partial charge in [-0.2, -0.15) is 13.2 Å². The highest BCUT2D eigenvalue weighted by molar-refractivity contribution is 5.49. The summed E-state index contributed by atoms with van der Waals surface area (Å²) in [5.41, 5.74) is 0.268. The number of hydrogen-bond donors (Lipinski definition) is 1. The van der Waals surface area contributed by atoms with E-state index in [-0.39, 0.29) is 11.5 Å². The Bertz CT molecular complexity index is 376. The predicted octanol–water partition coefficient (Wildman–Crippen LogP) is 2.61. The molecule has 0 aliphatic heterocycles. The quantitative estimate of drug-likeness (QED) is 0.896. The third-order valence-electron chi connectivity index (χ3n) is 2.27. The van der Waals surface area contributed by atoms with Gasteiger partial charge in [0.2, 0.25) is 0 Å². The van der Waals surface area contributed by atoms with Crippen LogP contribution in [0.25, 0.3) is 0 Å². The number of rotatable bonds is 3. The molecule has 0 amide bonds. The van der Waals surface area contributed by atoms with Crippen LogP contribution in [0.15, 0.2) is 12.1 Å². The number of aliphatic hydroxyl groups is 1. The fraction of sp³-hybridized carbons (Fsp3) is 0.455. The molecule has 0 saturated heterocycles. The van der Waals surface area contributed by atoms with Crippen LogP contribution in [0.1, 0.15) is 17.2 Å². The van der Waals surface area contributed by atoms with E-state index in [2.05, 4.69) is 0 Å². The van der Waals surface area contributed by atoms with Crippen LogP contribution < -0.4 is 9.47 Å². The molecule has 0 aromatic heterocycles. The minimum absolute atomic E-state index is 0.0494. The van der Waals surface area contributed by atoms with E-state index in [1.807, 2.05) is 0 Å². The molecule has 0 aliphatic rings. The molecule has 3 nitrogen and oxygen atoms in total. The first-order valence-electron chi connectivity index (χ1n) is 4.78. The van der Waals surface area contributed by atoms with Crippen LogP contribution in [0, 0.1) is 6.92 Å². The first-order chi connectivity index (χ1) is 7.81. The van der Waals surface area contributed by atoms with E-state index in [0.717, 1.165) is 0 Å². The van der Waals surface area contributed by atoms with Crippen molar-refractivity contribution in [1.82, 2.24) is 0 Å². The van der Waals surface area contributed by atoms with E-state index in [1.165, 1.54) is 26.4 Å². The molecule has 17 heavy (non-hydrogen) atoms. The Kier molecular flexibility index (Phi) is 3.87. The van der Waals surface area contributed by atoms with Crippen LogP contribution in [0.2, 0.25) is 0 Å². The third-order valence-corrected chi connectivity index (χ3v) is 2.27. The van der Waals surface area contributed by atoms with Crippen molar-refractivity contribution in [3.05, 3.63) is 23.3 Å². The Morgan fingerprint density at radius 3 is 1.82 bits per heavy atom.